The summed E-state index contributed by atoms with van der Waals surface area (Å²) in [5, 5.41) is 4.49. The number of hydrogen-bond donors (Lipinski definition) is 1. The molecule has 1 fully saturated rings. The maximum Gasteiger partial charge on any atom is 0.118 e. The third-order valence-electron chi connectivity index (χ3n) is 4.81. The van der Waals surface area contributed by atoms with E-state index >= 15 is 0 Å². The summed E-state index contributed by atoms with van der Waals surface area (Å²) in [6.45, 7) is 10.4. The topological polar surface area (TPSA) is 15.3 Å². The molecule has 25 heavy (non-hydrogen) atoms. The highest BCUT2D eigenvalue weighted by atomic mass is 35.5. The smallest absolute Gasteiger partial charge is 0.118 e. The number of benzene rings is 1. The highest BCUT2D eigenvalue weighted by Gasteiger charge is 2.24. The van der Waals surface area contributed by atoms with Crippen molar-refractivity contribution in [2.24, 2.45) is 0 Å². The molecule has 0 radical (unpaired) electrons. The zero-order valence-corrected chi connectivity index (χ0v) is 15.5. The molecule has 1 aliphatic heterocycles. The Hall–Kier alpha value is -2.19. The third-order valence-corrected chi connectivity index (χ3v) is 5.14. The second-order valence-electron chi connectivity index (χ2n) is 6.57. The van der Waals surface area contributed by atoms with Crippen LogP contribution < -0.4 is 5.32 Å². The Labute approximate surface area is 155 Å². The molecule has 0 bridgehead atoms. The summed E-state index contributed by atoms with van der Waals surface area (Å²) in [7, 11) is 0. The van der Waals surface area contributed by atoms with Gasteiger partial charge >= 0.3 is 0 Å². The molecule has 0 saturated heterocycles. The van der Waals surface area contributed by atoms with E-state index in [2.05, 4.69) is 36.4 Å². The summed E-state index contributed by atoms with van der Waals surface area (Å²) in [6.07, 6.45) is 13.0. The fourth-order valence-corrected chi connectivity index (χ4v) is 3.77. The molecule has 0 amide bonds. The van der Waals surface area contributed by atoms with Crippen LogP contribution in [0.3, 0.4) is 0 Å². The fourth-order valence-electron chi connectivity index (χ4n) is 3.53. The molecule has 1 saturated carbocycles. The molecular formula is C22H25ClN2. The maximum absolute atomic E-state index is 6.49. The van der Waals surface area contributed by atoms with Crippen molar-refractivity contribution in [2.45, 2.75) is 38.6 Å². The molecule has 0 spiro atoms. The van der Waals surface area contributed by atoms with Crippen molar-refractivity contribution in [1.82, 2.24) is 10.2 Å². The third kappa shape index (κ3) is 3.74. The first kappa shape index (κ1) is 17.6. The molecule has 2 aliphatic rings. The van der Waals surface area contributed by atoms with E-state index in [0.29, 0.717) is 6.04 Å². The second-order valence-corrected chi connectivity index (χ2v) is 6.97. The van der Waals surface area contributed by atoms with Gasteiger partial charge in [-0.25, -0.2) is 0 Å². The fraction of sp³-hybridized carbons (Fsp3) is 0.273. The average Bonchev–Trinajstić information content (AvgIpc) is 3.10. The number of hydrogen-bond acceptors (Lipinski definition) is 2. The summed E-state index contributed by atoms with van der Waals surface area (Å²) in [4.78, 5) is 2.17. The Bertz CT molecular complexity index is 764. The lowest BCUT2D eigenvalue weighted by Crippen LogP contribution is -2.36. The molecular weight excluding hydrogens is 328 g/mol. The number of nitrogens with one attached hydrogen (secondary N) is 1. The molecule has 3 rings (SSSR count). The van der Waals surface area contributed by atoms with Crippen molar-refractivity contribution in [3.8, 4) is 0 Å². The van der Waals surface area contributed by atoms with Crippen LogP contribution >= 0.6 is 11.6 Å². The maximum atomic E-state index is 6.49. The number of allylic oxidation sites excluding steroid dienone is 6. The van der Waals surface area contributed by atoms with Crippen LogP contribution in [0.4, 0.5) is 0 Å². The van der Waals surface area contributed by atoms with Gasteiger partial charge in [0.1, 0.15) is 5.82 Å². The van der Waals surface area contributed by atoms with Gasteiger partial charge in [-0.1, -0.05) is 68.0 Å². The van der Waals surface area contributed by atoms with Crippen LogP contribution in [-0.2, 0) is 0 Å². The molecule has 1 aromatic rings. The largest absolute Gasteiger partial charge is 0.368 e. The quantitative estimate of drug-likeness (QED) is 0.652. The monoisotopic (exact) mass is 352 g/mol. The Morgan fingerprint density at radius 2 is 2.00 bits per heavy atom. The molecule has 1 N–H and O–H groups in total. The predicted molar refractivity (Wildman–Crippen MR) is 108 cm³/mol. The first-order chi connectivity index (χ1) is 12.1. The molecule has 1 heterocycles. The average molecular weight is 353 g/mol. The summed E-state index contributed by atoms with van der Waals surface area (Å²) < 4.78 is 0. The summed E-state index contributed by atoms with van der Waals surface area (Å²) >= 11 is 6.49. The van der Waals surface area contributed by atoms with Gasteiger partial charge < -0.3 is 10.2 Å². The molecule has 1 aromatic carbocycles. The normalized spacial score (nSPS) is 18.9. The van der Waals surface area contributed by atoms with Crippen LogP contribution in [0.5, 0.6) is 0 Å². The van der Waals surface area contributed by atoms with Crippen molar-refractivity contribution in [3.05, 3.63) is 89.5 Å². The van der Waals surface area contributed by atoms with Gasteiger partial charge in [0.15, 0.2) is 0 Å². The van der Waals surface area contributed by atoms with E-state index in [4.69, 9.17) is 11.6 Å². The Balaban J connectivity index is 2.12. The molecule has 0 atom stereocenters. The van der Waals surface area contributed by atoms with Crippen LogP contribution in [0.2, 0.25) is 5.02 Å². The van der Waals surface area contributed by atoms with Gasteiger partial charge in [0.2, 0.25) is 0 Å². The van der Waals surface area contributed by atoms with Gasteiger partial charge in [-0.05, 0) is 38.0 Å². The second kappa shape index (κ2) is 7.79. The van der Waals surface area contributed by atoms with Crippen molar-refractivity contribution >= 4 is 17.2 Å². The lowest BCUT2D eigenvalue weighted by Gasteiger charge is -2.34. The van der Waals surface area contributed by atoms with E-state index in [0.717, 1.165) is 33.4 Å². The first-order valence-electron chi connectivity index (χ1n) is 8.84. The van der Waals surface area contributed by atoms with Gasteiger partial charge in [-0.15, -0.1) is 0 Å². The van der Waals surface area contributed by atoms with E-state index in [1.807, 2.05) is 42.5 Å². The Kier molecular flexibility index (Phi) is 5.50. The number of halogens is 1. The molecule has 0 unspecified atom stereocenters. The molecule has 3 heteroatoms. The van der Waals surface area contributed by atoms with Gasteiger partial charge in [0.25, 0.3) is 0 Å². The molecule has 130 valence electrons. The van der Waals surface area contributed by atoms with Gasteiger partial charge in [0, 0.05) is 33.6 Å². The SMILES string of the molecule is C=C/C(=C(/NC1CCCC1)N1C(=C)C=CC=C1C)c1ccccc1Cl. The van der Waals surface area contributed by atoms with Crippen LogP contribution in [-0.4, -0.2) is 10.9 Å². The summed E-state index contributed by atoms with van der Waals surface area (Å²) in [6, 6.07) is 8.38. The standard InChI is InChI=1S/C22H25ClN2/c1-4-19(20-14-7-8-15-21(20)23)22(24-18-12-5-6-13-18)25-16(2)10-9-11-17(25)3/h4,7-11,14-15,18,24H,1-2,5-6,12-13H2,3H3/b22-19+. The van der Waals surface area contributed by atoms with Gasteiger partial charge in [-0.2, -0.15) is 0 Å². The predicted octanol–water partition coefficient (Wildman–Crippen LogP) is 6.02. The molecule has 1 aliphatic carbocycles. The van der Waals surface area contributed by atoms with E-state index in [1.165, 1.54) is 25.7 Å². The highest BCUT2D eigenvalue weighted by Crippen LogP contribution is 2.33. The van der Waals surface area contributed by atoms with Crippen molar-refractivity contribution in [2.75, 3.05) is 0 Å². The zero-order valence-electron chi connectivity index (χ0n) is 14.8. The van der Waals surface area contributed by atoms with Gasteiger partial charge in [-0.3, -0.25) is 0 Å². The molecule has 2 nitrogen and oxygen atoms in total. The van der Waals surface area contributed by atoms with Crippen molar-refractivity contribution in [3.63, 3.8) is 0 Å². The number of rotatable bonds is 5. The minimum atomic E-state index is 0.471. The van der Waals surface area contributed by atoms with E-state index in [1.54, 1.807) is 0 Å². The lowest BCUT2D eigenvalue weighted by molar-refractivity contribution is 0.446. The highest BCUT2D eigenvalue weighted by molar-refractivity contribution is 6.32. The van der Waals surface area contributed by atoms with Crippen LogP contribution in [0.15, 0.2) is 78.9 Å². The summed E-state index contributed by atoms with van der Waals surface area (Å²) in [5.41, 5.74) is 4.04. The Morgan fingerprint density at radius 1 is 1.28 bits per heavy atom. The van der Waals surface area contributed by atoms with E-state index in [-0.39, 0.29) is 0 Å². The lowest BCUT2D eigenvalue weighted by atomic mass is 10.0. The van der Waals surface area contributed by atoms with E-state index < -0.39 is 0 Å². The van der Waals surface area contributed by atoms with Crippen LogP contribution in [0.25, 0.3) is 5.57 Å². The van der Waals surface area contributed by atoms with Crippen LogP contribution in [0.1, 0.15) is 38.2 Å². The summed E-state index contributed by atoms with van der Waals surface area (Å²) in [5.74, 6) is 1.01. The molecule has 0 aromatic heterocycles. The van der Waals surface area contributed by atoms with Crippen molar-refractivity contribution < 1.29 is 0 Å². The minimum absolute atomic E-state index is 0.471. The van der Waals surface area contributed by atoms with Crippen molar-refractivity contribution in [1.29, 1.82) is 0 Å². The zero-order chi connectivity index (χ0) is 17.8. The Morgan fingerprint density at radius 3 is 2.64 bits per heavy atom. The minimum Gasteiger partial charge on any atom is -0.368 e. The van der Waals surface area contributed by atoms with E-state index in [9.17, 15) is 0 Å². The van der Waals surface area contributed by atoms with Crippen LogP contribution in [0, 0.1) is 0 Å². The number of nitrogens with zero attached hydrogens (tertiary/aromatic N) is 1. The van der Waals surface area contributed by atoms with Gasteiger partial charge in [0.05, 0.1) is 0 Å². The first-order valence-corrected chi connectivity index (χ1v) is 9.21.